The number of carbonyl (C=O) groups is 2. The second kappa shape index (κ2) is 10.1. The molecular formula is C25H22F3N5O3. The van der Waals surface area contributed by atoms with Crippen molar-refractivity contribution in [2.24, 2.45) is 0 Å². The van der Waals surface area contributed by atoms with Crippen LogP contribution in [0.2, 0.25) is 0 Å². The first kappa shape index (κ1) is 24.7. The number of amides is 2. The highest BCUT2D eigenvalue weighted by Gasteiger charge is 2.31. The Labute approximate surface area is 204 Å². The molecule has 2 amide bonds. The van der Waals surface area contributed by atoms with Gasteiger partial charge in [-0.3, -0.25) is 9.59 Å². The van der Waals surface area contributed by atoms with Gasteiger partial charge in [-0.05, 0) is 47.9 Å². The van der Waals surface area contributed by atoms with Gasteiger partial charge in [0.05, 0.1) is 29.3 Å². The third kappa shape index (κ3) is 5.45. The van der Waals surface area contributed by atoms with Crippen LogP contribution in [0.5, 0.6) is 0 Å². The van der Waals surface area contributed by atoms with Gasteiger partial charge in [0.15, 0.2) is 11.6 Å². The van der Waals surface area contributed by atoms with Crippen molar-refractivity contribution in [1.82, 2.24) is 20.1 Å². The summed E-state index contributed by atoms with van der Waals surface area (Å²) in [5.74, 6) is -0.619. The molecule has 3 heterocycles. The molecule has 0 spiro atoms. The predicted molar refractivity (Wildman–Crippen MR) is 125 cm³/mol. The molecule has 36 heavy (non-hydrogen) atoms. The third-order valence-electron chi connectivity index (χ3n) is 5.27. The summed E-state index contributed by atoms with van der Waals surface area (Å²) in [7, 11) is 0. The molecule has 2 N–H and O–H groups in total. The van der Waals surface area contributed by atoms with E-state index in [9.17, 15) is 22.8 Å². The molecule has 11 heteroatoms. The third-order valence-corrected chi connectivity index (χ3v) is 5.27. The van der Waals surface area contributed by atoms with Gasteiger partial charge in [0.1, 0.15) is 0 Å². The maximum Gasteiger partial charge on any atom is 0.417 e. The van der Waals surface area contributed by atoms with Gasteiger partial charge in [-0.25, -0.2) is 9.67 Å². The van der Waals surface area contributed by atoms with Gasteiger partial charge in [-0.15, -0.1) is 0 Å². The standard InChI is InChI=1S/C25H22F3N5O3/c1-15(2)22-19(14-31-33(22)21-9-8-17(13-29-21)25(26,27)28)23(34)30-12-16-5-3-6-18(11-16)32-24(35)20-7-4-10-36-20/h3-11,13-15H,12H2,1-2H3,(H,30,34)(H,32,35). The SMILES string of the molecule is CC(C)c1c(C(=O)NCc2cccc(NC(=O)c3ccco3)c2)cnn1-c1ccc(C(F)(F)F)cn1. The molecule has 8 nitrogen and oxygen atoms in total. The number of hydrogen-bond acceptors (Lipinski definition) is 5. The highest BCUT2D eigenvalue weighted by Crippen LogP contribution is 2.29. The summed E-state index contributed by atoms with van der Waals surface area (Å²) in [5.41, 5.74) is 1.20. The largest absolute Gasteiger partial charge is 0.459 e. The lowest BCUT2D eigenvalue weighted by atomic mass is 10.1. The van der Waals surface area contributed by atoms with Gasteiger partial charge in [0, 0.05) is 18.4 Å². The predicted octanol–water partition coefficient (Wildman–Crippen LogP) is 5.18. The van der Waals surface area contributed by atoms with E-state index in [4.69, 9.17) is 4.42 Å². The number of benzene rings is 1. The van der Waals surface area contributed by atoms with Crippen LogP contribution < -0.4 is 10.6 Å². The Morgan fingerprint density at radius 3 is 2.50 bits per heavy atom. The van der Waals surface area contributed by atoms with E-state index in [1.165, 1.54) is 23.2 Å². The zero-order chi connectivity index (χ0) is 25.9. The summed E-state index contributed by atoms with van der Waals surface area (Å²) < 4.78 is 45.1. The molecule has 0 unspecified atom stereocenters. The van der Waals surface area contributed by atoms with Gasteiger partial charge >= 0.3 is 6.18 Å². The minimum Gasteiger partial charge on any atom is -0.459 e. The number of nitrogens with one attached hydrogen (secondary N) is 2. The van der Waals surface area contributed by atoms with Gasteiger partial charge in [-0.1, -0.05) is 26.0 Å². The summed E-state index contributed by atoms with van der Waals surface area (Å²) in [6.45, 7) is 3.86. The Morgan fingerprint density at radius 1 is 1.06 bits per heavy atom. The number of nitrogens with zero attached hydrogens (tertiary/aromatic N) is 3. The van der Waals surface area contributed by atoms with Crippen molar-refractivity contribution < 1.29 is 27.2 Å². The zero-order valence-corrected chi connectivity index (χ0v) is 19.3. The monoisotopic (exact) mass is 497 g/mol. The molecule has 1 aromatic carbocycles. The first-order valence-corrected chi connectivity index (χ1v) is 11.0. The maximum atomic E-state index is 13.0. The molecule has 0 saturated carbocycles. The molecule has 3 aromatic heterocycles. The minimum atomic E-state index is -4.50. The highest BCUT2D eigenvalue weighted by atomic mass is 19.4. The van der Waals surface area contributed by atoms with E-state index >= 15 is 0 Å². The van der Waals surface area contributed by atoms with E-state index in [1.54, 1.807) is 36.4 Å². The second-order valence-corrected chi connectivity index (χ2v) is 8.23. The van der Waals surface area contributed by atoms with Crippen LogP contribution in [0.25, 0.3) is 5.82 Å². The molecule has 0 saturated heterocycles. The highest BCUT2D eigenvalue weighted by molar-refractivity contribution is 6.02. The second-order valence-electron chi connectivity index (χ2n) is 8.23. The Kier molecular flexibility index (Phi) is 6.91. The van der Waals surface area contributed by atoms with Crippen molar-refractivity contribution >= 4 is 17.5 Å². The molecule has 0 aliphatic heterocycles. The van der Waals surface area contributed by atoms with Gasteiger partial charge < -0.3 is 15.1 Å². The molecule has 0 radical (unpaired) electrons. The number of furan rings is 1. The number of alkyl halides is 3. The molecule has 0 fully saturated rings. The summed E-state index contributed by atoms with van der Waals surface area (Å²) in [6.07, 6.45) is -0.995. The number of anilines is 1. The number of halogens is 3. The number of pyridine rings is 1. The zero-order valence-electron chi connectivity index (χ0n) is 19.3. The van der Waals surface area contributed by atoms with Crippen LogP contribution in [0.3, 0.4) is 0 Å². The fourth-order valence-electron chi connectivity index (χ4n) is 3.59. The molecular weight excluding hydrogens is 475 g/mol. The normalized spacial score (nSPS) is 11.5. The van der Waals surface area contributed by atoms with Gasteiger partial charge in [-0.2, -0.15) is 18.3 Å². The number of aromatic nitrogens is 3. The smallest absolute Gasteiger partial charge is 0.417 e. The Morgan fingerprint density at radius 2 is 1.86 bits per heavy atom. The van der Waals surface area contributed by atoms with Crippen LogP contribution in [0.15, 0.2) is 71.6 Å². The fraction of sp³-hybridized carbons (Fsp3) is 0.200. The average molecular weight is 497 g/mol. The molecule has 0 aliphatic rings. The van der Waals surface area contributed by atoms with Crippen LogP contribution in [0.1, 0.15) is 57.5 Å². The van der Waals surface area contributed by atoms with E-state index in [1.807, 2.05) is 13.8 Å². The minimum absolute atomic E-state index is 0.169. The maximum absolute atomic E-state index is 13.0. The van der Waals surface area contributed by atoms with E-state index in [2.05, 4.69) is 20.7 Å². The Bertz CT molecular complexity index is 1360. The lowest BCUT2D eigenvalue weighted by Gasteiger charge is -2.13. The Hall–Kier alpha value is -4.41. The lowest BCUT2D eigenvalue weighted by Crippen LogP contribution is -2.24. The lowest BCUT2D eigenvalue weighted by molar-refractivity contribution is -0.137. The van der Waals surface area contributed by atoms with E-state index in [0.717, 1.165) is 17.8 Å². The van der Waals surface area contributed by atoms with Crippen molar-refractivity contribution in [1.29, 1.82) is 0 Å². The van der Waals surface area contributed by atoms with Crippen molar-refractivity contribution in [2.45, 2.75) is 32.5 Å². The van der Waals surface area contributed by atoms with Crippen LogP contribution in [-0.4, -0.2) is 26.6 Å². The van der Waals surface area contributed by atoms with Crippen molar-refractivity contribution in [2.75, 3.05) is 5.32 Å². The number of rotatable bonds is 7. The van der Waals surface area contributed by atoms with E-state index < -0.39 is 23.6 Å². The van der Waals surface area contributed by atoms with E-state index in [0.29, 0.717) is 11.4 Å². The van der Waals surface area contributed by atoms with Crippen LogP contribution in [0.4, 0.5) is 18.9 Å². The number of hydrogen-bond donors (Lipinski definition) is 2. The number of carbonyl (C=O) groups excluding carboxylic acids is 2. The first-order valence-electron chi connectivity index (χ1n) is 11.0. The molecule has 0 aliphatic carbocycles. The Balaban J connectivity index is 1.48. The summed E-state index contributed by atoms with van der Waals surface area (Å²) in [6, 6.07) is 12.3. The van der Waals surface area contributed by atoms with Crippen molar-refractivity contribution in [3.8, 4) is 5.82 Å². The first-order chi connectivity index (χ1) is 17.1. The fourth-order valence-corrected chi connectivity index (χ4v) is 3.59. The van der Waals surface area contributed by atoms with Crippen LogP contribution in [0, 0.1) is 0 Å². The molecule has 186 valence electrons. The molecule has 0 bridgehead atoms. The van der Waals surface area contributed by atoms with Crippen LogP contribution >= 0.6 is 0 Å². The molecule has 4 rings (SSSR count). The topological polar surface area (TPSA) is 102 Å². The molecule has 0 atom stereocenters. The van der Waals surface area contributed by atoms with Crippen LogP contribution in [-0.2, 0) is 12.7 Å². The average Bonchev–Trinajstić information content (AvgIpc) is 3.53. The van der Waals surface area contributed by atoms with Crippen molar-refractivity contribution in [3.63, 3.8) is 0 Å². The summed E-state index contributed by atoms with van der Waals surface area (Å²) in [4.78, 5) is 29.0. The van der Waals surface area contributed by atoms with Gasteiger partial charge in [0.2, 0.25) is 0 Å². The summed E-state index contributed by atoms with van der Waals surface area (Å²) >= 11 is 0. The van der Waals surface area contributed by atoms with E-state index in [-0.39, 0.29) is 29.6 Å². The summed E-state index contributed by atoms with van der Waals surface area (Å²) in [5, 5.41) is 9.75. The van der Waals surface area contributed by atoms with Crippen molar-refractivity contribution in [3.05, 3.63) is 95.3 Å². The molecule has 4 aromatic rings. The van der Waals surface area contributed by atoms with Gasteiger partial charge in [0.25, 0.3) is 11.8 Å². The quantitative estimate of drug-likeness (QED) is 0.366.